The number of benzene rings is 1. The molecule has 1 aromatic rings. The van der Waals surface area contributed by atoms with Gasteiger partial charge in [0.25, 0.3) is 0 Å². The maximum Gasteiger partial charge on any atom is 0.171 e. The standard InChI is InChI=1S/C18H29N3S/c1-4-21(5-2)16-11-12-17(14(3)13-16)20-18(22)19-15-9-7-6-8-10-15/h11-13,15H,4-10H2,1-3H3,(H2,19,20,22). The van der Waals surface area contributed by atoms with Crippen LogP contribution in [-0.2, 0) is 0 Å². The molecule has 1 aromatic carbocycles. The van der Waals surface area contributed by atoms with E-state index >= 15 is 0 Å². The van der Waals surface area contributed by atoms with Crippen molar-refractivity contribution < 1.29 is 0 Å². The molecule has 0 radical (unpaired) electrons. The Labute approximate surface area is 140 Å². The molecule has 0 atom stereocenters. The second-order valence-corrected chi connectivity index (χ2v) is 6.51. The largest absolute Gasteiger partial charge is 0.372 e. The van der Waals surface area contributed by atoms with Crippen molar-refractivity contribution in [1.29, 1.82) is 0 Å². The highest BCUT2D eigenvalue weighted by Gasteiger charge is 2.14. The first-order valence-electron chi connectivity index (χ1n) is 8.57. The fourth-order valence-corrected chi connectivity index (χ4v) is 3.44. The van der Waals surface area contributed by atoms with E-state index in [4.69, 9.17) is 12.2 Å². The molecule has 2 N–H and O–H groups in total. The number of nitrogens with one attached hydrogen (secondary N) is 2. The van der Waals surface area contributed by atoms with Crippen LogP contribution in [0.3, 0.4) is 0 Å². The molecule has 122 valence electrons. The monoisotopic (exact) mass is 319 g/mol. The van der Waals surface area contributed by atoms with Crippen LogP contribution < -0.4 is 15.5 Å². The van der Waals surface area contributed by atoms with E-state index in [-0.39, 0.29) is 0 Å². The number of nitrogens with zero attached hydrogens (tertiary/aromatic N) is 1. The minimum atomic E-state index is 0.545. The van der Waals surface area contributed by atoms with Gasteiger partial charge in [-0.1, -0.05) is 19.3 Å². The molecule has 1 saturated carbocycles. The van der Waals surface area contributed by atoms with Crippen molar-refractivity contribution in [3.8, 4) is 0 Å². The summed E-state index contributed by atoms with van der Waals surface area (Å²) in [5, 5.41) is 7.58. The van der Waals surface area contributed by atoms with Gasteiger partial charge in [0.1, 0.15) is 0 Å². The fourth-order valence-electron chi connectivity index (χ4n) is 3.16. The fraction of sp³-hybridized carbons (Fsp3) is 0.611. The van der Waals surface area contributed by atoms with Crippen LogP contribution in [0.25, 0.3) is 0 Å². The molecule has 3 nitrogen and oxygen atoms in total. The Bertz CT molecular complexity index is 491. The normalized spacial score (nSPS) is 15.4. The molecule has 0 bridgehead atoms. The van der Waals surface area contributed by atoms with Crippen molar-refractivity contribution in [3.63, 3.8) is 0 Å². The third-order valence-corrected chi connectivity index (χ3v) is 4.75. The van der Waals surface area contributed by atoms with Crippen molar-refractivity contribution in [1.82, 2.24) is 5.32 Å². The predicted molar refractivity (Wildman–Crippen MR) is 101 cm³/mol. The van der Waals surface area contributed by atoms with Gasteiger partial charge in [0.15, 0.2) is 5.11 Å². The van der Waals surface area contributed by atoms with Crippen LogP contribution in [0, 0.1) is 6.92 Å². The number of rotatable bonds is 5. The predicted octanol–water partition coefficient (Wildman–Crippen LogP) is 4.46. The van der Waals surface area contributed by atoms with E-state index in [0.29, 0.717) is 6.04 Å². The smallest absolute Gasteiger partial charge is 0.171 e. The van der Waals surface area contributed by atoms with Gasteiger partial charge in [-0.15, -0.1) is 0 Å². The average molecular weight is 320 g/mol. The molecule has 0 heterocycles. The van der Waals surface area contributed by atoms with Gasteiger partial charge in [-0.2, -0.15) is 0 Å². The topological polar surface area (TPSA) is 27.3 Å². The molecular formula is C18H29N3S. The Hall–Kier alpha value is -1.29. The van der Waals surface area contributed by atoms with Gasteiger partial charge < -0.3 is 15.5 Å². The zero-order valence-corrected chi connectivity index (χ0v) is 14.9. The molecule has 1 aliphatic rings. The van der Waals surface area contributed by atoms with E-state index < -0.39 is 0 Å². The average Bonchev–Trinajstić information content (AvgIpc) is 2.52. The van der Waals surface area contributed by atoms with Crippen LogP contribution in [0.15, 0.2) is 18.2 Å². The molecular weight excluding hydrogens is 290 g/mol. The molecule has 4 heteroatoms. The van der Waals surface area contributed by atoms with Crippen LogP contribution in [0.5, 0.6) is 0 Å². The summed E-state index contributed by atoms with van der Waals surface area (Å²) in [6.07, 6.45) is 6.48. The Kier molecular flexibility index (Phi) is 6.49. The highest BCUT2D eigenvalue weighted by molar-refractivity contribution is 7.80. The number of hydrogen-bond donors (Lipinski definition) is 2. The first kappa shape index (κ1) is 17.1. The zero-order valence-electron chi connectivity index (χ0n) is 14.1. The van der Waals surface area contributed by atoms with Crippen LogP contribution >= 0.6 is 12.2 Å². The quantitative estimate of drug-likeness (QED) is 0.784. The van der Waals surface area contributed by atoms with Gasteiger partial charge in [-0.05, 0) is 69.6 Å². The van der Waals surface area contributed by atoms with Gasteiger partial charge in [0.05, 0.1) is 0 Å². The first-order chi connectivity index (χ1) is 10.6. The minimum absolute atomic E-state index is 0.545. The van der Waals surface area contributed by atoms with Gasteiger partial charge in [-0.25, -0.2) is 0 Å². The third-order valence-electron chi connectivity index (χ3n) is 4.53. The number of hydrogen-bond acceptors (Lipinski definition) is 2. The van der Waals surface area contributed by atoms with Crippen molar-refractivity contribution in [2.75, 3.05) is 23.3 Å². The molecule has 1 aliphatic carbocycles. The molecule has 0 aliphatic heterocycles. The Morgan fingerprint density at radius 2 is 1.86 bits per heavy atom. The van der Waals surface area contributed by atoms with Crippen LogP contribution in [0.4, 0.5) is 11.4 Å². The lowest BCUT2D eigenvalue weighted by molar-refractivity contribution is 0.415. The van der Waals surface area contributed by atoms with E-state index in [1.807, 2.05) is 0 Å². The van der Waals surface area contributed by atoms with Crippen molar-refractivity contribution in [2.24, 2.45) is 0 Å². The highest BCUT2D eigenvalue weighted by atomic mass is 32.1. The zero-order chi connectivity index (χ0) is 15.9. The Morgan fingerprint density at radius 1 is 1.18 bits per heavy atom. The second-order valence-electron chi connectivity index (χ2n) is 6.10. The number of aryl methyl sites for hydroxylation is 1. The number of anilines is 2. The van der Waals surface area contributed by atoms with Gasteiger partial charge in [0.2, 0.25) is 0 Å². The summed E-state index contributed by atoms with van der Waals surface area (Å²) in [6.45, 7) is 8.58. The maximum atomic E-state index is 5.47. The highest BCUT2D eigenvalue weighted by Crippen LogP contribution is 2.23. The second kappa shape index (κ2) is 8.37. The van der Waals surface area contributed by atoms with Crippen LogP contribution in [0.1, 0.15) is 51.5 Å². The molecule has 0 saturated heterocycles. The van der Waals surface area contributed by atoms with E-state index in [1.54, 1.807) is 0 Å². The minimum Gasteiger partial charge on any atom is -0.372 e. The summed E-state index contributed by atoms with van der Waals surface area (Å²) in [6, 6.07) is 7.09. The molecule has 2 rings (SSSR count). The van der Waals surface area contributed by atoms with E-state index in [0.717, 1.165) is 23.9 Å². The lowest BCUT2D eigenvalue weighted by Crippen LogP contribution is -2.38. The Morgan fingerprint density at radius 3 is 2.45 bits per heavy atom. The Balaban J connectivity index is 1.95. The molecule has 1 fully saturated rings. The SMILES string of the molecule is CCN(CC)c1ccc(NC(=S)NC2CCCCC2)c(C)c1. The molecule has 0 unspecified atom stereocenters. The molecule has 22 heavy (non-hydrogen) atoms. The summed E-state index contributed by atoms with van der Waals surface area (Å²) >= 11 is 5.47. The first-order valence-corrected chi connectivity index (χ1v) is 8.98. The lowest BCUT2D eigenvalue weighted by Gasteiger charge is -2.25. The summed E-state index contributed by atoms with van der Waals surface area (Å²) in [5.41, 5.74) is 3.61. The summed E-state index contributed by atoms with van der Waals surface area (Å²) in [4.78, 5) is 2.36. The lowest BCUT2D eigenvalue weighted by atomic mass is 9.96. The van der Waals surface area contributed by atoms with Crippen LogP contribution in [-0.4, -0.2) is 24.2 Å². The van der Waals surface area contributed by atoms with Crippen molar-refractivity contribution in [3.05, 3.63) is 23.8 Å². The third kappa shape index (κ3) is 4.60. The number of thiocarbonyl (C=S) groups is 1. The molecule has 0 amide bonds. The van der Waals surface area contributed by atoms with Crippen molar-refractivity contribution >= 4 is 28.7 Å². The van der Waals surface area contributed by atoms with Gasteiger partial charge in [0, 0.05) is 30.5 Å². The summed E-state index contributed by atoms with van der Waals surface area (Å²) in [5.74, 6) is 0. The van der Waals surface area contributed by atoms with E-state index in [2.05, 4.69) is 54.5 Å². The maximum absolute atomic E-state index is 5.47. The van der Waals surface area contributed by atoms with Gasteiger partial charge >= 0.3 is 0 Å². The summed E-state index contributed by atoms with van der Waals surface area (Å²) in [7, 11) is 0. The van der Waals surface area contributed by atoms with E-state index in [1.165, 1.54) is 43.4 Å². The van der Waals surface area contributed by atoms with Crippen LogP contribution in [0.2, 0.25) is 0 Å². The molecule has 0 aromatic heterocycles. The summed E-state index contributed by atoms with van der Waals surface area (Å²) < 4.78 is 0. The van der Waals surface area contributed by atoms with Gasteiger partial charge in [-0.3, -0.25) is 0 Å². The van der Waals surface area contributed by atoms with E-state index in [9.17, 15) is 0 Å². The molecule has 0 spiro atoms. The van der Waals surface area contributed by atoms with Crippen molar-refractivity contribution in [2.45, 2.75) is 58.9 Å².